The van der Waals surface area contributed by atoms with Crippen molar-refractivity contribution in [3.63, 3.8) is 0 Å². The van der Waals surface area contributed by atoms with E-state index in [-0.39, 0.29) is 6.61 Å². The second-order valence-corrected chi connectivity index (χ2v) is 4.78. The lowest BCUT2D eigenvalue weighted by atomic mass is 10.1. The van der Waals surface area contributed by atoms with Gasteiger partial charge in [0.15, 0.2) is 0 Å². The highest BCUT2D eigenvalue weighted by atomic mass is 16.6. The summed E-state index contributed by atoms with van der Waals surface area (Å²) in [5.74, 6) is 0.0518. The zero-order valence-electron chi connectivity index (χ0n) is 12.3. The standard InChI is InChI=1S/C17H20O4/c1-19-16-10-6-7-14(11-16)12-17(18,20-2)13-21-15-8-4-3-5-9-15/h3-11,18H,12-13H2,1-2H3. The molecule has 0 aliphatic carbocycles. The van der Waals surface area contributed by atoms with Crippen molar-refractivity contribution in [2.75, 3.05) is 20.8 Å². The Labute approximate surface area is 124 Å². The summed E-state index contributed by atoms with van der Waals surface area (Å²) in [6, 6.07) is 16.8. The lowest BCUT2D eigenvalue weighted by Gasteiger charge is -2.26. The summed E-state index contributed by atoms with van der Waals surface area (Å²) in [7, 11) is 3.08. The maximum Gasteiger partial charge on any atom is 0.204 e. The minimum atomic E-state index is -1.39. The average molecular weight is 288 g/mol. The first-order valence-corrected chi connectivity index (χ1v) is 6.73. The molecule has 0 heterocycles. The molecule has 0 saturated heterocycles. The van der Waals surface area contributed by atoms with Crippen LogP contribution in [0.4, 0.5) is 0 Å². The lowest BCUT2D eigenvalue weighted by molar-refractivity contribution is -0.201. The maximum absolute atomic E-state index is 10.5. The van der Waals surface area contributed by atoms with Gasteiger partial charge in [0.2, 0.25) is 5.79 Å². The van der Waals surface area contributed by atoms with Crippen LogP contribution >= 0.6 is 0 Å². The Kier molecular flexibility index (Phi) is 5.20. The van der Waals surface area contributed by atoms with Gasteiger partial charge in [0, 0.05) is 13.5 Å². The van der Waals surface area contributed by atoms with Crippen molar-refractivity contribution in [2.24, 2.45) is 0 Å². The number of para-hydroxylation sites is 1. The Hall–Kier alpha value is -2.04. The molecule has 0 amide bonds. The van der Waals surface area contributed by atoms with Gasteiger partial charge in [-0.2, -0.15) is 0 Å². The molecular weight excluding hydrogens is 268 g/mol. The van der Waals surface area contributed by atoms with Gasteiger partial charge in [-0.05, 0) is 29.8 Å². The smallest absolute Gasteiger partial charge is 0.204 e. The van der Waals surface area contributed by atoms with Crippen molar-refractivity contribution in [1.29, 1.82) is 0 Å². The van der Waals surface area contributed by atoms with E-state index in [0.29, 0.717) is 12.2 Å². The number of rotatable bonds is 7. The van der Waals surface area contributed by atoms with Crippen LogP contribution in [0.2, 0.25) is 0 Å². The van der Waals surface area contributed by atoms with Gasteiger partial charge in [0.05, 0.1) is 7.11 Å². The molecule has 0 aliphatic rings. The Morgan fingerprint density at radius 2 is 1.67 bits per heavy atom. The summed E-state index contributed by atoms with van der Waals surface area (Å²) in [5, 5.41) is 10.5. The molecule has 2 rings (SSSR count). The zero-order chi connectivity index (χ0) is 15.1. The molecule has 0 saturated carbocycles. The number of ether oxygens (including phenoxy) is 3. The molecule has 0 bridgehead atoms. The first-order valence-electron chi connectivity index (χ1n) is 6.73. The molecule has 0 fully saturated rings. The van der Waals surface area contributed by atoms with Gasteiger partial charge >= 0.3 is 0 Å². The SMILES string of the molecule is COc1cccc(CC(O)(COc2ccccc2)OC)c1. The van der Waals surface area contributed by atoms with Crippen molar-refractivity contribution >= 4 is 0 Å². The third-order valence-corrected chi connectivity index (χ3v) is 3.20. The van der Waals surface area contributed by atoms with Gasteiger partial charge in [-0.15, -0.1) is 0 Å². The summed E-state index contributed by atoms with van der Waals surface area (Å²) < 4.78 is 16.0. The Morgan fingerprint density at radius 1 is 0.952 bits per heavy atom. The predicted molar refractivity (Wildman–Crippen MR) is 80.6 cm³/mol. The molecule has 1 atom stereocenters. The molecule has 4 heteroatoms. The summed E-state index contributed by atoms with van der Waals surface area (Å²) in [6.45, 7) is 0.0464. The summed E-state index contributed by atoms with van der Waals surface area (Å²) in [4.78, 5) is 0. The third kappa shape index (κ3) is 4.48. The highest BCUT2D eigenvalue weighted by Crippen LogP contribution is 2.20. The number of methoxy groups -OCH3 is 2. The van der Waals surface area contributed by atoms with Gasteiger partial charge in [0.1, 0.15) is 18.1 Å². The van der Waals surface area contributed by atoms with E-state index in [9.17, 15) is 5.11 Å². The van der Waals surface area contributed by atoms with Crippen LogP contribution < -0.4 is 9.47 Å². The number of hydrogen-bond donors (Lipinski definition) is 1. The minimum absolute atomic E-state index is 0.0464. The molecule has 1 N–H and O–H groups in total. The monoisotopic (exact) mass is 288 g/mol. The van der Waals surface area contributed by atoms with E-state index in [1.165, 1.54) is 7.11 Å². The van der Waals surface area contributed by atoms with Crippen LogP contribution in [0, 0.1) is 0 Å². The molecule has 0 spiro atoms. The van der Waals surface area contributed by atoms with Crippen molar-refractivity contribution in [3.05, 3.63) is 60.2 Å². The van der Waals surface area contributed by atoms with Crippen LogP contribution in [0.3, 0.4) is 0 Å². The van der Waals surface area contributed by atoms with E-state index in [4.69, 9.17) is 14.2 Å². The van der Waals surface area contributed by atoms with Crippen molar-refractivity contribution in [2.45, 2.75) is 12.2 Å². The Balaban J connectivity index is 2.02. The first-order chi connectivity index (χ1) is 10.1. The Bertz CT molecular complexity index is 556. The summed E-state index contributed by atoms with van der Waals surface area (Å²) in [5.41, 5.74) is 0.912. The highest BCUT2D eigenvalue weighted by molar-refractivity contribution is 5.29. The van der Waals surface area contributed by atoms with Gasteiger partial charge < -0.3 is 19.3 Å². The molecule has 2 aromatic rings. The van der Waals surface area contributed by atoms with Crippen LogP contribution in [-0.4, -0.2) is 31.7 Å². The van der Waals surface area contributed by atoms with E-state index in [1.54, 1.807) is 7.11 Å². The normalized spacial score (nSPS) is 13.5. The molecular formula is C17H20O4. The average Bonchev–Trinajstić information content (AvgIpc) is 2.54. The van der Waals surface area contributed by atoms with Gasteiger partial charge in [-0.1, -0.05) is 30.3 Å². The second-order valence-electron chi connectivity index (χ2n) is 4.78. The second kappa shape index (κ2) is 7.11. The molecule has 2 aromatic carbocycles. The van der Waals surface area contributed by atoms with Crippen LogP contribution in [0.1, 0.15) is 5.56 Å². The zero-order valence-corrected chi connectivity index (χ0v) is 12.3. The van der Waals surface area contributed by atoms with E-state index >= 15 is 0 Å². The molecule has 112 valence electrons. The summed E-state index contributed by atoms with van der Waals surface area (Å²) in [6.07, 6.45) is 0.313. The van der Waals surface area contributed by atoms with Crippen LogP contribution in [0.5, 0.6) is 11.5 Å². The molecule has 21 heavy (non-hydrogen) atoms. The predicted octanol–water partition coefficient (Wildman–Crippen LogP) is 2.65. The lowest BCUT2D eigenvalue weighted by Crippen LogP contribution is -2.40. The van der Waals surface area contributed by atoms with Crippen molar-refractivity contribution in [3.8, 4) is 11.5 Å². The van der Waals surface area contributed by atoms with E-state index in [0.717, 1.165) is 11.3 Å². The first kappa shape index (κ1) is 15.4. The van der Waals surface area contributed by atoms with Crippen molar-refractivity contribution in [1.82, 2.24) is 0 Å². The highest BCUT2D eigenvalue weighted by Gasteiger charge is 2.28. The van der Waals surface area contributed by atoms with E-state index in [2.05, 4.69) is 0 Å². The Morgan fingerprint density at radius 3 is 2.33 bits per heavy atom. The van der Waals surface area contributed by atoms with Crippen LogP contribution in [-0.2, 0) is 11.2 Å². The number of benzene rings is 2. The van der Waals surface area contributed by atoms with Crippen LogP contribution in [0.15, 0.2) is 54.6 Å². The van der Waals surface area contributed by atoms with Crippen molar-refractivity contribution < 1.29 is 19.3 Å². The van der Waals surface area contributed by atoms with Gasteiger partial charge in [0.25, 0.3) is 0 Å². The molecule has 0 aliphatic heterocycles. The van der Waals surface area contributed by atoms with Gasteiger partial charge in [-0.25, -0.2) is 0 Å². The summed E-state index contributed by atoms with van der Waals surface area (Å²) >= 11 is 0. The van der Waals surface area contributed by atoms with Gasteiger partial charge in [-0.3, -0.25) is 0 Å². The fourth-order valence-electron chi connectivity index (χ4n) is 2.00. The van der Waals surface area contributed by atoms with E-state index in [1.807, 2.05) is 54.6 Å². The maximum atomic E-state index is 10.5. The fourth-order valence-corrected chi connectivity index (χ4v) is 2.00. The topological polar surface area (TPSA) is 47.9 Å². The van der Waals surface area contributed by atoms with Crippen LogP contribution in [0.25, 0.3) is 0 Å². The molecule has 0 aromatic heterocycles. The quantitative estimate of drug-likeness (QED) is 0.796. The molecule has 0 radical (unpaired) electrons. The number of hydrogen-bond acceptors (Lipinski definition) is 4. The molecule has 1 unspecified atom stereocenters. The largest absolute Gasteiger partial charge is 0.497 e. The number of aliphatic hydroxyl groups is 1. The molecule has 4 nitrogen and oxygen atoms in total. The van der Waals surface area contributed by atoms with E-state index < -0.39 is 5.79 Å². The third-order valence-electron chi connectivity index (χ3n) is 3.20. The fraction of sp³-hybridized carbons (Fsp3) is 0.294. The minimum Gasteiger partial charge on any atom is -0.497 e.